The second kappa shape index (κ2) is 10.2. The molecule has 0 saturated heterocycles. The van der Waals surface area contributed by atoms with Crippen LogP contribution in [0.4, 0.5) is 0 Å². The third-order valence-electron chi connectivity index (χ3n) is 3.10. The Labute approximate surface area is 132 Å². The summed E-state index contributed by atoms with van der Waals surface area (Å²) in [7, 11) is 3.26. The summed E-state index contributed by atoms with van der Waals surface area (Å²) >= 11 is 0. The third kappa shape index (κ3) is 6.47. The molecule has 2 atom stereocenters. The van der Waals surface area contributed by atoms with Crippen LogP contribution in [0.15, 0.2) is 24.3 Å². The van der Waals surface area contributed by atoms with Gasteiger partial charge in [-0.15, -0.1) is 0 Å². The van der Waals surface area contributed by atoms with Gasteiger partial charge in [-0.05, 0) is 31.5 Å². The van der Waals surface area contributed by atoms with Crippen molar-refractivity contribution in [2.75, 3.05) is 34.0 Å². The molecule has 0 aliphatic heterocycles. The molecule has 2 N–H and O–H groups in total. The largest absolute Gasteiger partial charge is 0.493 e. The quantitative estimate of drug-likeness (QED) is 0.693. The van der Waals surface area contributed by atoms with Gasteiger partial charge >= 0.3 is 0 Å². The van der Waals surface area contributed by atoms with Crippen LogP contribution in [-0.2, 0) is 4.74 Å². The van der Waals surface area contributed by atoms with Crippen molar-refractivity contribution in [2.45, 2.75) is 26.0 Å². The summed E-state index contributed by atoms with van der Waals surface area (Å²) in [5.74, 6) is 1.28. The van der Waals surface area contributed by atoms with Crippen molar-refractivity contribution < 1.29 is 19.3 Å². The first kappa shape index (κ1) is 18.5. The van der Waals surface area contributed by atoms with Gasteiger partial charge in [-0.3, -0.25) is 0 Å². The zero-order chi connectivity index (χ0) is 16.4. The molecular formula is C17H27NO4. The molecule has 124 valence electrons. The highest BCUT2D eigenvalue weighted by molar-refractivity contribution is 5.55. The Hall–Kier alpha value is -1.56. The minimum atomic E-state index is -0.598. The number of rotatable bonds is 10. The monoisotopic (exact) mass is 309 g/mol. The lowest BCUT2D eigenvalue weighted by Gasteiger charge is -2.18. The van der Waals surface area contributed by atoms with Crippen LogP contribution < -0.4 is 14.8 Å². The standard InChI is InChI=1S/C17H27NO4/c1-5-6-14-7-8-16(17(9-14)21-4)22-12-15(19)10-18-13(2)11-20-3/h5-9,13,15,18-19H,10-12H2,1-4H3/b6-5+/t13-,15-/m1/s1. The molecule has 1 aromatic carbocycles. The fourth-order valence-electron chi connectivity index (χ4n) is 1.99. The number of benzene rings is 1. The maximum Gasteiger partial charge on any atom is 0.161 e. The molecule has 0 bridgehead atoms. The molecule has 0 saturated carbocycles. The van der Waals surface area contributed by atoms with E-state index in [4.69, 9.17) is 14.2 Å². The van der Waals surface area contributed by atoms with E-state index >= 15 is 0 Å². The molecule has 0 spiro atoms. The molecule has 0 heterocycles. The fraction of sp³-hybridized carbons (Fsp3) is 0.529. The van der Waals surface area contributed by atoms with Crippen molar-refractivity contribution in [1.29, 1.82) is 0 Å². The number of allylic oxidation sites excluding steroid dienone is 1. The molecule has 1 rings (SSSR count). The maximum atomic E-state index is 9.95. The number of nitrogens with one attached hydrogen (secondary N) is 1. The first-order valence-corrected chi connectivity index (χ1v) is 7.44. The lowest BCUT2D eigenvalue weighted by atomic mass is 10.2. The molecule has 0 unspecified atom stereocenters. The van der Waals surface area contributed by atoms with Gasteiger partial charge in [0.2, 0.25) is 0 Å². The van der Waals surface area contributed by atoms with E-state index < -0.39 is 6.10 Å². The van der Waals surface area contributed by atoms with Crippen LogP contribution >= 0.6 is 0 Å². The first-order chi connectivity index (χ1) is 10.6. The molecule has 0 fully saturated rings. The summed E-state index contributed by atoms with van der Waals surface area (Å²) in [5, 5.41) is 13.1. The molecule has 5 nitrogen and oxygen atoms in total. The van der Waals surface area contributed by atoms with E-state index in [1.807, 2.05) is 44.2 Å². The fourth-order valence-corrected chi connectivity index (χ4v) is 1.99. The van der Waals surface area contributed by atoms with Gasteiger partial charge in [-0.2, -0.15) is 0 Å². The van der Waals surface area contributed by atoms with E-state index in [1.54, 1.807) is 14.2 Å². The van der Waals surface area contributed by atoms with Crippen LogP contribution in [0.25, 0.3) is 6.08 Å². The molecule has 0 aliphatic carbocycles. The van der Waals surface area contributed by atoms with E-state index in [1.165, 1.54) is 0 Å². The van der Waals surface area contributed by atoms with E-state index in [-0.39, 0.29) is 12.6 Å². The average molecular weight is 309 g/mol. The highest BCUT2D eigenvalue weighted by Gasteiger charge is 2.10. The van der Waals surface area contributed by atoms with Gasteiger partial charge in [-0.25, -0.2) is 0 Å². The summed E-state index contributed by atoms with van der Waals surface area (Å²) in [4.78, 5) is 0. The van der Waals surface area contributed by atoms with Crippen LogP contribution in [-0.4, -0.2) is 51.2 Å². The summed E-state index contributed by atoms with van der Waals surface area (Å²) in [6.45, 7) is 5.22. The summed E-state index contributed by atoms with van der Waals surface area (Å²) in [5.41, 5.74) is 1.04. The minimum absolute atomic E-state index is 0.189. The second-order valence-corrected chi connectivity index (χ2v) is 5.14. The van der Waals surface area contributed by atoms with Crippen molar-refractivity contribution in [2.24, 2.45) is 0 Å². The van der Waals surface area contributed by atoms with Crippen LogP contribution in [0.3, 0.4) is 0 Å². The lowest BCUT2D eigenvalue weighted by Crippen LogP contribution is -2.38. The van der Waals surface area contributed by atoms with Gasteiger partial charge in [0.05, 0.1) is 13.7 Å². The van der Waals surface area contributed by atoms with Crippen molar-refractivity contribution in [1.82, 2.24) is 5.32 Å². The predicted octanol–water partition coefficient (Wildman–Crippen LogP) is 2.09. The Bertz CT molecular complexity index is 462. The number of aliphatic hydroxyl groups excluding tert-OH is 1. The highest BCUT2D eigenvalue weighted by atomic mass is 16.5. The molecular weight excluding hydrogens is 282 g/mol. The number of methoxy groups -OCH3 is 2. The van der Waals surface area contributed by atoms with E-state index in [0.717, 1.165) is 5.56 Å². The van der Waals surface area contributed by atoms with Gasteiger partial charge < -0.3 is 24.6 Å². The van der Waals surface area contributed by atoms with Gasteiger partial charge in [0.15, 0.2) is 11.5 Å². The first-order valence-electron chi connectivity index (χ1n) is 7.44. The normalized spacial score (nSPS) is 14.0. The van der Waals surface area contributed by atoms with E-state index in [2.05, 4.69) is 5.32 Å². The number of ether oxygens (including phenoxy) is 3. The molecule has 0 aromatic heterocycles. The van der Waals surface area contributed by atoms with Crippen LogP contribution in [0.5, 0.6) is 11.5 Å². The summed E-state index contributed by atoms with van der Waals surface area (Å²) < 4.78 is 16.0. The van der Waals surface area contributed by atoms with Crippen LogP contribution in [0.1, 0.15) is 19.4 Å². The SMILES string of the molecule is C/C=C/c1ccc(OC[C@H](O)CN[C@H](C)COC)c(OC)c1. The highest BCUT2D eigenvalue weighted by Crippen LogP contribution is 2.28. The molecule has 0 amide bonds. The Morgan fingerprint density at radius 3 is 2.64 bits per heavy atom. The maximum absolute atomic E-state index is 9.95. The van der Waals surface area contributed by atoms with Crippen LogP contribution in [0.2, 0.25) is 0 Å². The Kier molecular flexibility index (Phi) is 8.58. The number of hydrogen-bond donors (Lipinski definition) is 2. The van der Waals surface area contributed by atoms with E-state index in [9.17, 15) is 5.11 Å². The Morgan fingerprint density at radius 2 is 2.00 bits per heavy atom. The molecule has 22 heavy (non-hydrogen) atoms. The van der Waals surface area contributed by atoms with Crippen molar-refractivity contribution in [3.05, 3.63) is 29.8 Å². The topological polar surface area (TPSA) is 60.0 Å². The molecule has 0 radical (unpaired) electrons. The zero-order valence-electron chi connectivity index (χ0n) is 13.8. The van der Waals surface area contributed by atoms with Gasteiger partial charge in [0.1, 0.15) is 12.7 Å². The second-order valence-electron chi connectivity index (χ2n) is 5.14. The predicted molar refractivity (Wildman–Crippen MR) is 88.5 cm³/mol. The summed E-state index contributed by atoms with van der Waals surface area (Å²) in [6.07, 6.45) is 3.35. The van der Waals surface area contributed by atoms with E-state index in [0.29, 0.717) is 24.7 Å². The molecule has 1 aromatic rings. The minimum Gasteiger partial charge on any atom is -0.493 e. The smallest absolute Gasteiger partial charge is 0.161 e. The summed E-state index contributed by atoms with van der Waals surface area (Å²) in [6, 6.07) is 5.89. The Morgan fingerprint density at radius 1 is 1.23 bits per heavy atom. The lowest BCUT2D eigenvalue weighted by molar-refractivity contribution is 0.0959. The van der Waals surface area contributed by atoms with Crippen molar-refractivity contribution in [3.63, 3.8) is 0 Å². The molecule has 0 aliphatic rings. The van der Waals surface area contributed by atoms with Gasteiger partial charge in [0.25, 0.3) is 0 Å². The zero-order valence-corrected chi connectivity index (χ0v) is 13.8. The third-order valence-corrected chi connectivity index (χ3v) is 3.10. The van der Waals surface area contributed by atoms with Crippen molar-refractivity contribution >= 4 is 6.08 Å². The van der Waals surface area contributed by atoms with Crippen LogP contribution in [0, 0.1) is 0 Å². The van der Waals surface area contributed by atoms with Gasteiger partial charge in [0, 0.05) is 19.7 Å². The van der Waals surface area contributed by atoms with Crippen molar-refractivity contribution in [3.8, 4) is 11.5 Å². The number of aliphatic hydroxyl groups is 1. The molecule has 5 heteroatoms. The Balaban J connectivity index is 2.49. The average Bonchev–Trinajstić information content (AvgIpc) is 2.52. The van der Waals surface area contributed by atoms with Gasteiger partial charge in [-0.1, -0.05) is 18.2 Å². The number of hydrogen-bond acceptors (Lipinski definition) is 5.